The molecule has 2 N–H and O–H groups in total. The molecule has 0 saturated heterocycles. The average Bonchev–Trinajstić information content (AvgIpc) is 2.40. The average molecular weight is 232 g/mol. The van der Waals surface area contributed by atoms with Gasteiger partial charge in [-0.25, -0.2) is 0 Å². The lowest BCUT2D eigenvalue weighted by Gasteiger charge is -2.37. The van der Waals surface area contributed by atoms with Gasteiger partial charge in [0.25, 0.3) is 0 Å². The molecular weight excluding hydrogens is 208 g/mol. The van der Waals surface area contributed by atoms with E-state index in [1.54, 1.807) is 0 Å². The largest absolute Gasteiger partial charge is 0.330 e. The fourth-order valence-electron chi connectivity index (χ4n) is 3.03. The van der Waals surface area contributed by atoms with E-state index in [1.165, 1.54) is 31.2 Å². The minimum Gasteiger partial charge on any atom is -0.330 e. The van der Waals surface area contributed by atoms with Crippen molar-refractivity contribution in [3.63, 3.8) is 0 Å². The molecule has 0 spiro atoms. The van der Waals surface area contributed by atoms with Gasteiger partial charge in [-0.1, -0.05) is 43.2 Å². The van der Waals surface area contributed by atoms with E-state index in [9.17, 15) is 0 Å². The zero-order valence-corrected chi connectivity index (χ0v) is 10.8. The summed E-state index contributed by atoms with van der Waals surface area (Å²) in [6, 6.07) is 11.4. The maximum Gasteiger partial charge on any atom is 0.0233 e. The van der Waals surface area contributed by atoms with Crippen LogP contribution in [0.25, 0.3) is 0 Å². The highest BCUT2D eigenvalue weighted by atomic mass is 15.1. The number of benzene rings is 1. The number of nitrogens with zero attached hydrogens (tertiary/aromatic N) is 1. The van der Waals surface area contributed by atoms with Crippen molar-refractivity contribution in [3.8, 4) is 0 Å². The lowest BCUT2D eigenvalue weighted by Crippen LogP contribution is -2.42. The van der Waals surface area contributed by atoms with Crippen LogP contribution >= 0.6 is 0 Å². The van der Waals surface area contributed by atoms with E-state index in [1.807, 2.05) is 0 Å². The van der Waals surface area contributed by atoms with E-state index >= 15 is 0 Å². The smallest absolute Gasteiger partial charge is 0.0233 e. The highest BCUT2D eigenvalue weighted by Gasteiger charge is 2.26. The molecule has 0 bridgehead atoms. The standard InChI is InChI=1S/C15H24N2/c1-17(12-13-7-3-2-4-8-13)15-10-6-5-9-14(15)11-16/h2-4,7-8,14-15H,5-6,9-12,16H2,1H3. The van der Waals surface area contributed by atoms with Crippen LogP contribution in [0.15, 0.2) is 30.3 Å². The van der Waals surface area contributed by atoms with Gasteiger partial charge in [0, 0.05) is 12.6 Å². The quantitative estimate of drug-likeness (QED) is 0.864. The second-order valence-electron chi connectivity index (χ2n) is 5.25. The van der Waals surface area contributed by atoms with Crippen LogP contribution in [0.4, 0.5) is 0 Å². The highest BCUT2D eigenvalue weighted by Crippen LogP contribution is 2.27. The van der Waals surface area contributed by atoms with Gasteiger partial charge in [-0.2, -0.15) is 0 Å². The number of nitrogens with two attached hydrogens (primary N) is 1. The molecule has 0 radical (unpaired) electrons. The highest BCUT2D eigenvalue weighted by molar-refractivity contribution is 5.14. The number of hydrogen-bond donors (Lipinski definition) is 1. The molecule has 1 aliphatic carbocycles. The Hall–Kier alpha value is -0.860. The minimum absolute atomic E-state index is 0.675. The van der Waals surface area contributed by atoms with Crippen molar-refractivity contribution in [2.45, 2.75) is 38.3 Å². The Morgan fingerprint density at radius 1 is 1.18 bits per heavy atom. The molecular formula is C15H24N2. The molecule has 1 aromatic rings. The SMILES string of the molecule is CN(Cc1ccccc1)C1CCCCC1CN. The summed E-state index contributed by atoms with van der Waals surface area (Å²) in [5, 5.41) is 0. The molecule has 0 amide bonds. The van der Waals surface area contributed by atoms with Gasteiger partial charge in [-0.15, -0.1) is 0 Å². The number of hydrogen-bond acceptors (Lipinski definition) is 2. The molecule has 2 atom stereocenters. The van der Waals surface area contributed by atoms with E-state index < -0.39 is 0 Å². The van der Waals surface area contributed by atoms with Crippen molar-refractivity contribution >= 4 is 0 Å². The predicted molar refractivity (Wildman–Crippen MR) is 72.7 cm³/mol. The zero-order chi connectivity index (χ0) is 12.1. The first-order chi connectivity index (χ1) is 8.31. The summed E-state index contributed by atoms with van der Waals surface area (Å²) >= 11 is 0. The predicted octanol–water partition coefficient (Wildman–Crippen LogP) is 2.64. The molecule has 2 nitrogen and oxygen atoms in total. The summed E-state index contributed by atoms with van der Waals surface area (Å²) in [4.78, 5) is 2.49. The van der Waals surface area contributed by atoms with Gasteiger partial charge in [0.05, 0.1) is 0 Å². The molecule has 1 fully saturated rings. The second-order valence-corrected chi connectivity index (χ2v) is 5.25. The van der Waals surface area contributed by atoms with E-state index in [-0.39, 0.29) is 0 Å². The molecule has 0 aromatic heterocycles. The van der Waals surface area contributed by atoms with Gasteiger partial charge in [0.1, 0.15) is 0 Å². The maximum absolute atomic E-state index is 5.90. The summed E-state index contributed by atoms with van der Waals surface area (Å²) in [5.74, 6) is 0.692. The molecule has 2 heteroatoms. The van der Waals surface area contributed by atoms with Crippen LogP contribution in [-0.4, -0.2) is 24.5 Å². The number of rotatable bonds is 4. The monoisotopic (exact) mass is 232 g/mol. The topological polar surface area (TPSA) is 29.3 Å². The van der Waals surface area contributed by atoms with Crippen molar-refractivity contribution in [1.29, 1.82) is 0 Å². The van der Waals surface area contributed by atoms with Crippen LogP contribution < -0.4 is 5.73 Å². The Bertz CT molecular complexity index is 323. The third kappa shape index (κ3) is 3.30. The first-order valence-corrected chi connectivity index (χ1v) is 6.75. The fraction of sp³-hybridized carbons (Fsp3) is 0.600. The Labute approximate surface area is 105 Å². The van der Waals surface area contributed by atoms with Crippen LogP contribution in [0, 0.1) is 5.92 Å². The fourth-order valence-corrected chi connectivity index (χ4v) is 3.03. The van der Waals surface area contributed by atoms with Gasteiger partial charge in [0.15, 0.2) is 0 Å². The molecule has 0 aliphatic heterocycles. The zero-order valence-electron chi connectivity index (χ0n) is 10.8. The van der Waals surface area contributed by atoms with Crippen molar-refractivity contribution in [3.05, 3.63) is 35.9 Å². The Morgan fingerprint density at radius 2 is 1.88 bits per heavy atom. The molecule has 1 aliphatic rings. The van der Waals surface area contributed by atoms with Crippen LogP contribution in [-0.2, 0) is 6.54 Å². The summed E-state index contributed by atoms with van der Waals surface area (Å²) < 4.78 is 0. The Balaban J connectivity index is 1.96. The van der Waals surface area contributed by atoms with Crippen molar-refractivity contribution < 1.29 is 0 Å². The van der Waals surface area contributed by atoms with Crippen LogP contribution in [0.5, 0.6) is 0 Å². The van der Waals surface area contributed by atoms with Crippen molar-refractivity contribution in [1.82, 2.24) is 4.90 Å². The second kappa shape index (κ2) is 6.18. The van der Waals surface area contributed by atoms with Crippen LogP contribution in [0.1, 0.15) is 31.2 Å². The van der Waals surface area contributed by atoms with E-state index in [2.05, 4.69) is 42.3 Å². The lowest BCUT2D eigenvalue weighted by atomic mass is 9.83. The minimum atomic E-state index is 0.675. The first-order valence-electron chi connectivity index (χ1n) is 6.75. The van der Waals surface area contributed by atoms with Gasteiger partial charge in [0.2, 0.25) is 0 Å². The lowest BCUT2D eigenvalue weighted by molar-refractivity contribution is 0.127. The molecule has 1 aromatic carbocycles. The molecule has 94 valence electrons. The van der Waals surface area contributed by atoms with Crippen molar-refractivity contribution in [2.75, 3.05) is 13.6 Å². The maximum atomic E-state index is 5.90. The first kappa shape index (κ1) is 12.6. The summed E-state index contributed by atoms with van der Waals surface area (Å²) in [6.07, 6.45) is 5.34. The summed E-state index contributed by atoms with van der Waals surface area (Å²) in [6.45, 7) is 1.88. The van der Waals surface area contributed by atoms with Gasteiger partial charge in [-0.3, -0.25) is 4.90 Å². The third-order valence-electron chi connectivity index (χ3n) is 4.01. The molecule has 0 heterocycles. The van der Waals surface area contributed by atoms with E-state index in [0.717, 1.165) is 13.1 Å². The molecule has 2 unspecified atom stereocenters. The molecule has 17 heavy (non-hydrogen) atoms. The summed E-state index contributed by atoms with van der Waals surface area (Å²) in [5.41, 5.74) is 7.30. The van der Waals surface area contributed by atoms with Gasteiger partial charge in [-0.05, 0) is 37.9 Å². The Morgan fingerprint density at radius 3 is 2.59 bits per heavy atom. The van der Waals surface area contributed by atoms with E-state index in [4.69, 9.17) is 5.73 Å². The van der Waals surface area contributed by atoms with Crippen LogP contribution in [0.2, 0.25) is 0 Å². The molecule has 2 rings (SSSR count). The normalized spacial score (nSPS) is 25.1. The van der Waals surface area contributed by atoms with E-state index in [0.29, 0.717) is 12.0 Å². The molecule has 1 saturated carbocycles. The van der Waals surface area contributed by atoms with Gasteiger partial charge < -0.3 is 5.73 Å². The summed E-state index contributed by atoms with van der Waals surface area (Å²) in [7, 11) is 2.24. The van der Waals surface area contributed by atoms with Gasteiger partial charge >= 0.3 is 0 Å². The Kier molecular flexibility index (Phi) is 4.57. The van der Waals surface area contributed by atoms with Crippen LogP contribution in [0.3, 0.4) is 0 Å². The van der Waals surface area contributed by atoms with Crippen molar-refractivity contribution in [2.24, 2.45) is 11.7 Å². The third-order valence-corrected chi connectivity index (χ3v) is 4.01.